The van der Waals surface area contributed by atoms with Gasteiger partial charge in [-0.15, -0.1) is 0 Å². The quantitative estimate of drug-likeness (QED) is 0.0373. The van der Waals surface area contributed by atoms with Crippen LogP contribution in [0.2, 0.25) is 0 Å². The van der Waals surface area contributed by atoms with Gasteiger partial charge in [0.1, 0.15) is 6.61 Å². The number of unbranched alkanes of at least 4 members (excludes halogenated alkanes) is 44. The zero-order valence-electron chi connectivity index (χ0n) is 52.2. The molecule has 0 heterocycles. The van der Waals surface area contributed by atoms with Gasteiger partial charge in [-0.3, -0.25) is 9.59 Å². The number of aliphatic hydroxyl groups is 1. The summed E-state index contributed by atoms with van der Waals surface area (Å²) in [7, 11) is 0. The van der Waals surface area contributed by atoms with Crippen molar-refractivity contribution >= 4 is 11.9 Å². The number of allylic oxidation sites excluding steroid dienone is 12. The van der Waals surface area contributed by atoms with Crippen molar-refractivity contribution in [1.82, 2.24) is 0 Å². The fraction of sp³-hybridized carbons (Fsp3) is 0.808. The molecule has 0 radical (unpaired) electrons. The van der Waals surface area contributed by atoms with Gasteiger partial charge in [0, 0.05) is 12.8 Å². The first kappa shape index (κ1) is 75.3. The van der Waals surface area contributed by atoms with Gasteiger partial charge < -0.3 is 14.6 Å². The molecule has 1 atom stereocenters. The zero-order valence-corrected chi connectivity index (χ0v) is 52.2. The van der Waals surface area contributed by atoms with Gasteiger partial charge in [-0.1, -0.05) is 337 Å². The van der Waals surface area contributed by atoms with E-state index < -0.39 is 6.10 Å². The van der Waals surface area contributed by atoms with Crippen LogP contribution in [0.25, 0.3) is 0 Å². The van der Waals surface area contributed by atoms with Crippen LogP contribution in [0, 0.1) is 0 Å². The average Bonchev–Trinajstić information content (AvgIpc) is 3.44. The predicted molar refractivity (Wildman–Crippen MR) is 343 cm³/mol. The smallest absolute Gasteiger partial charge is 0.306 e. The second-order valence-electron chi connectivity index (χ2n) is 23.2. The van der Waals surface area contributed by atoms with Gasteiger partial charge in [0.2, 0.25) is 0 Å². The minimum absolute atomic E-state index is 0.0618. The van der Waals surface area contributed by atoms with Gasteiger partial charge in [-0.25, -0.2) is 0 Å². The Balaban J connectivity index is 3.40. The molecule has 0 amide bonds. The second kappa shape index (κ2) is 68.6. The molecule has 0 saturated carbocycles. The third-order valence-electron chi connectivity index (χ3n) is 15.5. The molecule has 0 rings (SSSR count). The van der Waals surface area contributed by atoms with Crippen LogP contribution in [0.15, 0.2) is 72.9 Å². The summed E-state index contributed by atoms with van der Waals surface area (Å²) < 4.78 is 10.8. The maximum absolute atomic E-state index is 12.4. The first-order valence-corrected chi connectivity index (χ1v) is 34.5. The van der Waals surface area contributed by atoms with Crippen molar-refractivity contribution in [1.29, 1.82) is 0 Å². The first-order chi connectivity index (χ1) is 38.6. The molecular weight excluding hydrogens is 957 g/mol. The highest BCUT2D eigenvalue weighted by atomic mass is 16.6. The lowest BCUT2D eigenvalue weighted by atomic mass is 10.0. The molecule has 454 valence electrons. The molecule has 0 aliphatic heterocycles. The number of rotatable bonds is 64. The molecular formula is C73H132O5. The molecule has 78 heavy (non-hydrogen) atoms. The van der Waals surface area contributed by atoms with E-state index in [2.05, 4.69) is 86.8 Å². The number of carbonyl (C=O) groups is 2. The van der Waals surface area contributed by atoms with Crippen LogP contribution in [0.4, 0.5) is 0 Å². The molecule has 0 aliphatic carbocycles. The van der Waals surface area contributed by atoms with Gasteiger partial charge in [-0.05, 0) is 83.5 Å². The highest BCUT2D eigenvalue weighted by molar-refractivity contribution is 5.70. The van der Waals surface area contributed by atoms with Crippen LogP contribution in [-0.2, 0) is 19.1 Å². The minimum Gasteiger partial charge on any atom is -0.462 e. The number of carbonyl (C=O) groups excluding carboxylic acids is 2. The van der Waals surface area contributed by atoms with Crippen molar-refractivity contribution in [2.24, 2.45) is 0 Å². The Morgan fingerprint density at radius 3 is 0.846 bits per heavy atom. The summed E-state index contributed by atoms with van der Waals surface area (Å²) in [6.45, 7) is 4.07. The summed E-state index contributed by atoms with van der Waals surface area (Å²) in [4.78, 5) is 24.6. The van der Waals surface area contributed by atoms with Crippen molar-refractivity contribution in [2.75, 3.05) is 13.2 Å². The topological polar surface area (TPSA) is 72.8 Å². The zero-order chi connectivity index (χ0) is 56.2. The molecule has 1 N–H and O–H groups in total. The molecule has 0 aromatic carbocycles. The number of aliphatic hydroxyl groups excluding tert-OH is 1. The Bertz CT molecular complexity index is 1370. The van der Waals surface area contributed by atoms with Crippen LogP contribution in [0.1, 0.15) is 361 Å². The van der Waals surface area contributed by atoms with Crippen LogP contribution in [0.5, 0.6) is 0 Å². The summed E-state index contributed by atoms with van der Waals surface area (Å²) >= 11 is 0. The monoisotopic (exact) mass is 1090 g/mol. The Labute approximate surface area is 486 Å². The molecule has 0 aromatic heterocycles. The summed E-state index contributed by atoms with van der Waals surface area (Å²) in [5.74, 6) is -0.571. The van der Waals surface area contributed by atoms with E-state index in [9.17, 15) is 14.7 Å². The lowest BCUT2D eigenvalue weighted by molar-refractivity contribution is -0.161. The molecule has 5 nitrogen and oxygen atoms in total. The minimum atomic E-state index is -0.772. The number of esters is 2. The van der Waals surface area contributed by atoms with E-state index in [-0.39, 0.29) is 25.2 Å². The summed E-state index contributed by atoms with van der Waals surface area (Å²) in [5, 5.41) is 9.70. The van der Waals surface area contributed by atoms with Crippen molar-refractivity contribution in [3.63, 3.8) is 0 Å². The van der Waals surface area contributed by atoms with E-state index in [0.717, 1.165) is 70.6 Å². The fourth-order valence-electron chi connectivity index (χ4n) is 10.3. The molecule has 5 heteroatoms. The summed E-state index contributed by atoms with van der Waals surface area (Å²) in [6.07, 6.45) is 95.1. The van der Waals surface area contributed by atoms with Gasteiger partial charge in [0.25, 0.3) is 0 Å². The molecule has 0 spiro atoms. The van der Waals surface area contributed by atoms with Crippen LogP contribution in [0.3, 0.4) is 0 Å². The normalized spacial score (nSPS) is 12.6. The van der Waals surface area contributed by atoms with E-state index in [0.29, 0.717) is 12.8 Å². The van der Waals surface area contributed by atoms with E-state index in [1.807, 2.05) is 0 Å². The van der Waals surface area contributed by atoms with E-state index in [1.165, 1.54) is 263 Å². The van der Waals surface area contributed by atoms with Crippen LogP contribution in [-0.4, -0.2) is 36.4 Å². The van der Waals surface area contributed by atoms with Crippen LogP contribution < -0.4 is 0 Å². The lowest BCUT2D eigenvalue weighted by Crippen LogP contribution is -2.28. The SMILES string of the molecule is CC/C=C\C/C=C\C/C=C\C/C=C\C/C=C\CCCCCCCCCCCCCCCCCCCCCCCCCC(=O)OC(CO)COC(=O)CCCCCCCCCCCCCCC/C=C\CCCCCCCCCC. The number of hydrogen-bond donors (Lipinski definition) is 1. The van der Waals surface area contributed by atoms with Gasteiger partial charge in [0.15, 0.2) is 6.10 Å². The van der Waals surface area contributed by atoms with Crippen molar-refractivity contribution in [3.05, 3.63) is 72.9 Å². The number of hydrogen-bond acceptors (Lipinski definition) is 5. The fourth-order valence-corrected chi connectivity index (χ4v) is 10.3. The van der Waals surface area contributed by atoms with E-state index >= 15 is 0 Å². The van der Waals surface area contributed by atoms with Crippen LogP contribution >= 0.6 is 0 Å². The largest absolute Gasteiger partial charge is 0.462 e. The van der Waals surface area contributed by atoms with Gasteiger partial charge >= 0.3 is 11.9 Å². The molecule has 0 fully saturated rings. The Morgan fingerprint density at radius 1 is 0.308 bits per heavy atom. The highest BCUT2D eigenvalue weighted by Crippen LogP contribution is 2.18. The van der Waals surface area contributed by atoms with Crippen molar-refractivity contribution in [3.8, 4) is 0 Å². The number of ether oxygens (including phenoxy) is 2. The molecule has 0 aliphatic rings. The molecule has 0 saturated heterocycles. The average molecular weight is 1090 g/mol. The highest BCUT2D eigenvalue weighted by Gasteiger charge is 2.16. The van der Waals surface area contributed by atoms with Gasteiger partial charge in [-0.2, -0.15) is 0 Å². The first-order valence-electron chi connectivity index (χ1n) is 34.5. The third kappa shape index (κ3) is 65.9. The third-order valence-corrected chi connectivity index (χ3v) is 15.5. The molecule has 0 bridgehead atoms. The second-order valence-corrected chi connectivity index (χ2v) is 23.2. The van der Waals surface area contributed by atoms with Gasteiger partial charge in [0.05, 0.1) is 6.61 Å². The standard InChI is InChI=1S/C73H132O5/c1-3-5-7-9-11-13-15-17-19-21-23-25-27-29-30-31-32-33-34-35-36-37-38-39-40-41-42-44-46-48-50-52-54-56-58-60-62-64-66-68-73(76)78-71(69-74)70-77-72(75)67-65-63-61-59-57-55-53-51-49-47-45-43-28-26-24-22-20-18-16-14-12-10-8-6-4-2/h5,7,11,13,17,19,22-25,29-30,71,74H,3-4,6,8-10,12,14-16,18,20-21,26-28,31-70H2,1-2H3/b7-5-,13-11-,19-17-,24-22-,25-23-,30-29-. The van der Waals surface area contributed by atoms with Crippen molar-refractivity contribution < 1.29 is 24.2 Å². The Morgan fingerprint density at radius 2 is 0.551 bits per heavy atom. The Kier molecular flexibility index (Phi) is 66.3. The molecule has 0 aromatic rings. The van der Waals surface area contributed by atoms with E-state index in [1.54, 1.807) is 0 Å². The molecule has 1 unspecified atom stereocenters. The summed E-state index contributed by atoms with van der Waals surface area (Å²) in [6, 6.07) is 0. The Hall–Kier alpha value is -2.66. The van der Waals surface area contributed by atoms with Crippen molar-refractivity contribution in [2.45, 2.75) is 367 Å². The lowest BCUT2D eigenvalue weighted by Gasteiger charge is -2.15. The van der Waals surface area contributed by atoms with E-state index in [4.69, 9.17) is 9.47 Å². The maximum Gasteiger partial charge on any atom is 0.306 e. The predicted octanol–water partition coefficient (Wildman–Crippen LogP) is 23.9. The summed E-state index contributed by atoms with van der Waals surface area (Å²) in [5.41, 5.74) is 0. The maximum atomic E-state index is 12.4.